The van der Waals surface area contributed by atoms with E-state index >= 15 is 0 Å². The van der Waals surface area contributed by atoms with Crippen molar-refractivity contribution in [1.29, 1.82) is 0 Å². The zero-order valence-corrected chi connectivity index (χ0v) is 15.0. The van der Waals surface area contributed by atoms with Crippen molar-refractivity contribution in [3.63, 3.8) is 0 Å². The van der Waals surface area contributed by atoms with Crippen LogP contribution < -0.4 is 0 Å². The van der Waals surface area contributed by atoms with Gasteiger partial charge in [0.25, 0.3) is 0 Å². The van der Waals surface area contributed by atoms with Gasteiger partial charge in [0.1, 0.15) is 0 Å². The number of unbranched alkanes of at least 4 members (excludes halogenated alkanes) is 9. The molecular formula is C19H38O2. The standard InChI is InChI=1S/C19H38O2/c1-5-7-9-10-11-12-13-15-17-21-18(20)19(3,4)16-14-8-6-2/h5-17H2,1-4H3. The lowest BCUT2D eigenvalue weighted by Gasteiger charge is -2.22. The third kappa shape index (κ3) is 11.8. The third-order valence-corrected chi connectivity index (χ3v) is 4.19. The summed E-state index contributed by atoms with van der Waals surface area (Å²) in [7, 11) is 0. The minimum absolute atomic E-state index is 0.0125. The van der Waals surface area contributed by atoms with E-state index in [1.54, 1.807) is 0 Å². The third-order valence-electron chi connectivity index (χ3n) is 4.19. The van der Waals surface area contributed by atoms with Gasteiger partial charge in [0.2, 0.25) is 0 Å². The fraction of sp³-hybridized carbons (Fsp3) is 0.947. The minimum atomic E-state index is -0.310. The van der Waals surface area contributed by atoms with E-state index in [4.69, 9.17) is 4.74 Å². The first-order valence-corrected chi connectivity index (χ1v) is 9.21. The highest BCUT2D eigenvalue weighted by molar-refractivity contribution is 5.75. The Morgan fingerprint density at radius 3 is 1.81 bits per heavy atom. The van der Waals surface area contributed by atoms with Gasteiger partial charge in [-0.2, -0.15) is 0 Å². The molecule has 0 heterocycles. The molecule has 21 heavy (non-hydrogen) atoms. The van der Waals surface area contributed by atoms with E-state index in [2.05, 4.69) is 13.8 Å². The van der Waals surface area contributed by atoms with Crippen LogP contribution in [0.2, 0.25) is 0 Å². The first-order chi connectivity index (χ1) is 10.0. The zero-order valence-electron chi connectivity index (χ0n) is 15.0. The summed E-state index contributed by atoms with van der Waals surface area (Å²) in [5, 5.41) is 0. The van der Waals surface area contributed by atoms with Crippen LogP contribution in [0, 0.1) is 5.41 Å². The van der Waals surface area contributed by atoms with Gasteiger partial charge in [0, 0.05) is 0 Å². The van der Waals surface area contributed by atoms with Crippen molar-refractivity contribution in [3.05, 3.63) is 0 Å². The van der Waals surface area contributed by atoms with Crippen LogP contribution in [0.4, 0.5) is 0 Å². The monoisotopic (exact) mass is 298 g/mol. The highest BCUT2D eigenvalue weighted by Crippen LogP contribution is 2.25. The largest absolute Gasteiger partial charge is 0.465 e. The normalized spacial score (nSPS) is 11.6. The van der Waals surface area contributed by atoms with Gasteiger partial charge in [-0.15, -0.1) is 0 Å². The molecule has 0 aromatic carbocycles. The molecule has 0 aliphatic heterocycles. The number of esters is 1. The van der Waals surface area contributed by atoms with Crippen LogP contribution in [0.3, 0.4) is 0 Å². The molecule has 0 radical (unpaired) electrons. The maximum atomic E-state index is 12.0. The Kier molecular flexibility index (Phi) is 12.8. The van der Waals surface area contributed by atoms with Crippen molar-refractivity contribution < 1.29 is 9.53 Å². The van der Waals surface area contributed by atoms with Crippen molar-refractivity contribution in [2.45, 2.75) is 105 Å². The van der Waals surface area contributed by atoms with Gasteiger partial charge in [0.15, 0.2) is 0 Å². The van der Waals surface area contributed by atoms with E-state index in [0.29, 0.717) is 6.61 Å². The first kappa shape index (κ1) is 20.5. The molecule has 2 nitrogen and oxygen atoms in total. The van der Waals surface area contributed by atoms with Gasteiger partial charge in [-0.25, -0.2) is 0 Å². The second-order valence-corrected chi connectivity index (χ2v) is 6.95. The van der Waals surface area contributed by atoms with Gasteiger partial charge in [0.05, 0.1) is 12.0 Å². The van der Waals surface area contributed by atoms with Crippen LogP contribution in [0.5, 0.6) is 0 Å². The molecule has 2 heteroatoms. The van der Waals surface area contributed by atoms with E-state index < -0.39 is 0 Å². The van der Waals surface area contributed by atoms with Crippen LogP contribution in [0.1, 0.15) is 105 Å². The number of hydrogen-bond donors (Lipinski definition) is 0. The maximum absolute atomic E-state index is 12.0. The lowest BCUT2D eigenvalue weighted by Crippen LogP contribution is -2.27. The predicted octanol–water partition coefficient (Wildman–Crippen LogP) is 6.28. The molecule has 0 saturated heterocycles. The Morgan fingerprint density at radius 2 is 1.24 bits per heavy atom. The quantitative estimate of drug-likeness (QED) is 0.279. The molecule has 0 fully saturated rings. The number of carbonyl (C=O) groups excluding carboxylic acids is 1. The van der Waals surface area contributed by atoms with Crippen LogP contribution in [0.15, 0.2) is 0 Å². The lowest BCUT2D eigenvalue weighted by atomic mass is 9.87. The summed E-state index contributed by atoms with van der Waals surface area (Å²) in [5.41, 5.74) is -0.310. The Morgan fingerprint density at radius 1 is 0.762 bits per heavy atom. The van der Waals surface area contributed by atoms with Crippen molar-refractivity contribution in [2.24, 2.45) is 5.41 Å². The first-order valence-electron chi connectivity index (χ1n) is 9.21. The van der Waals surface area contributed by atoms with Crippen LogP contribution in [-0.2, 0) is 9.53 Å². The van der Waals surface area contributed by atoms with Crippen molar-refractivity contribution in [3.8, 4) is 0 Å². The SMILES string of the molecule is CCCCCCCCCCOC(=O)C(C)(C)CCCCC. The molecule has 0 aromatic heterocycles. The van der Waals surface area contributed by atoms with E-state index in [0.717, 1.165) is 19.3 Å². The summed E-state index contributed by atoms with van der Waals surface area (Å²) in [6, 6.07) is 0. The van der Waals surface area contributed by atoms with Crippen LogP contribution in [0.25, 0.3) is 0 Å². The van der Waals surface area contributed by atoms with Gasteiger partial charge in [-0.1, -0.05) is 78.1 Å². The van der Waals surface area contributed by atoms with E-state index in [1.807, 2.05) is 13.8 Å². The molecular weight excluding hydrogens is 260 g/mol. The Labute approximate surface area is 133 Å². The number of rotatable bonds is 14. The Balaban J connectivity index is 3.51. The van der Waals surface area contributed by atoms with E-state index in [1.165, 1.54) is 57.8 Å². The second kappa shape index (κ2) is 13.2. The molecule has 0 aliphatic carbocycles. The summed E-state index contributed by atoms with van der Waals surface area (Å²) in [4.78, 5) is 12.0. The van der Waals surface area contributed by atoms with Crippen LogP contribution in [-0.4, -0.2) is 12.6 Å². The average molecular weight is 299 g/mol. The molecule has 0 aliphatic rings. The molecule has 0 saturated carbocycles. The fourth-order valence-electron chi connectivity index (χ4n) is 2.52. The predicted molar refractivity (Wildman–Crippen MR) is 91.5 cm³/mol. The number of carbonyl (C=O) groups is 1. The summed E-state index contributed by atoms with van der Waals surface area (Å²) in [5.74, 6) is -0.0125. The fourth-order valence-corrected chi connectivity index (χ4v) is 2.52. The highest BCUT2D eigenvalue weighted by Gasteiger charge is 2.28. The highest BCUT2D eigenvalue weighted by atomic mass is 16.5. The van der Waals surface area contributed by atoms with Gasteiger partial charge in [-0.05, 0) is 26.7 Å². The summed E-state index contributed by atoms with van der Waals surface area (Å²) in [6.07, 6.45) is 14.7. The molecule has 0 spiro atoms. The molecule has 126 valence electrons. The smallest absolute Gasteiger partial charge is 0.311 e. The molecule has 0 N–H and O–H groups in total. The molecule has 0 unspecified atom stereocenters. The van der Waals surface area contributed by atoms with E-state index in [9.17, 15) is 4.79 Å². The molecule has 0 rings (SSSR count). The second-order valence-electron chi connectivity index (χ2n) is 6.95. The lowest BCUT2D eigenvalue weighted by molar-refractivity contribution is -0.154. The molecule has 0 bridgehead atoms. The number of hydrogen-bond acceptors (Lipinski definition) is 2. The van der Waals surface area contributed by atoms with Gasteiger partial charge < -0.3 is 4.74 Å². The van der Waals surface area contributed by atoms with Crippen LogP contribution >= 0.6 is 0 Å². The van der Waals surface area contributed by atoms with Gasteiger partial charge >= 0.3 is 5.97 Å². The van der Waals surface area contributed by atoms with Crippen molar-refractivity contribution in [2.75, 3.05) is 6.61 Å². The summed E-state index contributed by atoms with van der Waals surface area (Å²) < 4.78 is 5.44. The van der Waals surface area contributed by atoms with Crippen molar-refractivity contribution >= 4 is 5.97 Å². The molecule has 0 amide bonds. The maximum Gasteiger partial charge on any atom is 0.311 e. The topological polar surface area (TPSA) is 26.3 Å². The minimum Gasteiger partial charge on any atom is -0.465 e. The summed E-state index contributed by atoms with van der Waals surface area (Å²) >= 11 is 0. The number of ether oxygens (including phenoxy) is 1. The summed E-state index contributed by atoms with van der Waals surface area (Å²) in [6.45, 7) is 9.06. The Hall–Kier alpha value is -0.530. The van der Waals surface area contributed by atoms with E-state index in [-0.39, 0.29) is 11.4 Å². The molecule has 0 atom stereocenters. The van der Waals surface area contributed by atoms with Crippen molar-refractivity contribution in [1.82, 2.24) is 0 Å². The zero-order chi connectivity index (χ0) is 16.0. The molecule has 0 aromatic rings. The average Bonchev–Trinajstić information content (AvgIpc) is 2.45. The Bertz CT molecular complexity index is 246. The van der Waals surface area contributed by atoms with Gasteiger partial charge in [-0.3, -0.25) is 4.79 Å².